The molecule has 1 aromatic rings. The molecule has 0 bridgehead atoms. The Kier molecular flexibility index (Phi) is 6.71. The average molecular weight is 266 g/mol. The average Bonchev–Trinajstić information content (AvgIpc) is 2.43. The summed E-state index contributed by atoms with van der Waals surface area (Å²) in [7, 11) is 1.89. The van der Waals surface area contributed by atoms with Gasteiger partial charge in [-0.1, -0.05) is 6.92 Å². The number of anilines is 1. The van der Waals surface area contributed by atoms with Crippen LogP contribution in [-0.4, -0.2) is 37.8 Å². The normalized spacial score (nSPS) is 10.1. The molecule has 0 aliphatic carbocycles. The van der Waals surface area contributed by atoms with Crippen LogP contribution >= 0.6 is 0 Å². The van der Waals surface area contributed by atoms with Gasteiger partial charge in [-0.15, -0.1) is 0 Å². The number of hydrogen-bond acceptors (Lipinski definition) is 5. The molecule has 5 heteroatoms. The van der Waals surface area contributed by atoms with Crippen molar-refractivity contribution in [1.82, 2.24) is 4.98 Å². The minimum Gasteiger partial charge on any atom is -0.490 e. The fourth-order valence-corrected chi connectivity index (χ4v) is 1.59. The van der Waals surface area contributed by atoms with Gasteiger partial charge in [0, 0.05) is 19.8 Å². The number of nitrogens with zero attached hydrogens (tertiary/aromatic N) is 2. The van der Waals surface area contributed by atoms with Gasteiger partial charge >= 0.3 is 5.97 Å². The largest absolute Gasteiger partial charge is 0.490 e. The summed E-state index contributed by atoms with van der Waals surface area (Å²) < 4.78 is 10.5. The highest BCUT2D eigenvalue weighted by atomic mass is 16.5. The first-order valence-corrected chi connectivity index (χ1v) is 6.63. The fraction of sp³-hybridized carbons (Fsp3) is 0.571. The van der Waals surface area contributed by atoms with Crippen LogP contribution in [0.25, 0.3) is 0 Å². The van der Waals surface area contributed by atoms with Crippen LogP contribution in [0.4, 0.5) is 5.82 Å². The molecule has 0 atom stereocenters. The van der Waals surface area contributed by atoms with Crippen LogP contribution in [0.15, 0.2) is 18.3 Å². The molecule has 0 aliphatic heterocycles. The Morgan fingerprint density at radius 2 is 2.21 bits per heavy atom. The Hall–Kier alpha value is -1.78. The van der Waals surface area contributed by atoms with Gasteiger partial charge in [-0.25, -0.2) is 4.98 Å². The van der Waals surface area contributed by atoms with Crippen molar-refractivity contribution in [3.8, 4) is 5.75 Å². The third-order valence-corrected chi connectivity index (χ3v) is 2.53. The maximum absolute atomic E-state index is 11.3. The van der Waals surface area contributed by atoms with Crippen molar-refractivity contribution in [2.24, 2.45) is 0 Å². The van der Waals surface area contributed by atoms with Crippen molar-refractivity contribution in [2.75, 3.05) is 31.7 Å². The summed E-state index contributed by atoms with van der Waals surface area (Å²) in [6, 6.07) is 3.73. The second kappa shape index (κ2) is 8.34. The zero-order valence-electron chi connectivity index (χ0n) is 11.9. The molecule has 19 heavy (non-hydrogen) atoms. The van der Waals surface area contributed by atoms with Gasteiger partial charge in [-0.05, 0) is 25.5 Å². The monoisotopic (exact) mass is 266 g/mol. The van der Waals surface area contributed by atoms with Crippen LogP contribution < -0.4 is 9.64 Å². The SMILES string of the molecule is CCCOc1cccnc1N(C)CCC(=O)OCC. The van der Waals surface area contributed by atoms with Crippen molar-refractivity contribution >= 4 is 11.8 Å². The minimum absolute atomic E-state index is 0.193. The third kappa shape index (κ3) is 5.16. The summed E-state index contributed by atoms with van der Waals surface area (Å²) in [6.07, 6.45) is 3.00. The maximum atomic E-state index is 11.3. The van der Waals surface area contributed by atoms with E-state index in [1.807, 2.05) is 24.1 Å². The topological polar surface area (TPSA) is 51.7 Å². The number of carbonyl (C=O) groups excluding carboxylic acids is 1. The predicted molar refractivity (Wildman–Crippen MR) is 74.5 cm³/mol. The molecular formula is C14H22N2O3. The second-order valence-electron chi connectivity index (χ2n) is 4.15. The number of ether oxygens (including phenoxy) is 2. The summed E-state index contributed by atoms with van der Waals surface area (Å²) in [6.45, 7) is 5.48. The summed E-state index contributed by atoms with van der Waals surface area (Å²) in [5.41, 5.74) is 0. The lowest BCUT2D eigenvalue weighted by molar-refractivity contribution is -0.142. The van der Waals surface area contributed by atoms with E-state index in [1.165, 1.54) is 0 Å². The van der Waals surface area contributed by atoms with E-state index < -0.39 is 0 Å². The molecule has 0 N–H and O–H groups in total. The molecule has 106 valence electrons. The van der Waals surface area contributed by atoms with Crippen LogP contribution in [0.3, 0.4) is 0 Å². The Balaban J connectivity index is 2.60. The first-order chi connectivity index (χ1) is 9.19. The standard InChI is InChI=1S/C14H22N2O3/c1-4-11-19-12-7-6-9-15-14(12)16(3)10-8-13(17)18-5-2/h6-7,9H,4-5,8,10-11H2,1-3H3. The molecule has 0 spiro atoms. The molecule has 0 amide bonds. The number of pyridine rings is 1. The number of hydrogen-bond donors (Lipinski definition) is 0. The van der Waals surface area contributed by atoms with E-state index >= 15 is 0 Å². The molecule has 0 unspecified atom stereocenters. The zero-order chi connectivity index (χ0) is 14.1. The Bertz CT molecular complexity index is 396. The van der Waals surface area contributed by atoms with Crippen molar-refractivity contribution in [3.63, 3.8) is 0 Å². The zero-order valence-corrected chi connectivity index (χ0v) is 11.9. The minimum atomic E-state index is -0.193. The Labute approximate surface area is 114 Å². The summed E-state index contributed by atoms with van der Waals surface area (Å²) in [5, 5.41) is 0. The van der Waals surface area contributed by atoms with E-state index in [0.29, 0.717) is 26.2 Å². The number of rotatable bonds is 8. The maximum Gasteiger partial charge on any atom is 0.307 e. The lowest BCUT2D eigenvalue weighted by atomic mass is 10.3. The van der Waals surface area contributed by atoms with Gasteiger partial charge in [0.2, 0.25) is 0 Å². The summed E-state index contributed by atoms with van der Waals surface area (Å²) in [4.78, 5) is 17.5. The van der Waals surface area contributed by atoms with Gasteiger partial charge in [0.15, 0.2) is 11.6 Å². The highest BCUT2D eigenvalue weighted by molar-refractivity contribution is 5.70. The number of aromatic nitrogens is 1. The predicted octanol–water partition coefficient (Wildman–Crippen LogP) is 2.26. The Morgan fingerprint density at radius 1 is 1.42 bits per heavy atom. The van der Waals surface area contributed by atoms with Crippen molar-refractivity contribution in [2.45, 2.75) is 26.7 Å². The summed E-state index contributed by atoms with van der Waals surface area (Å²) >= 11 is 0. The number of carbonyl (C=O) groups is 1. The molecule has 0 radical (unpaired) electrons. The van der Waals surface area contributed by atoms with Gasteiger partial charge in [0.1, 0.15) is 0 Å². The van der Waals surface area contributed by atoms with Crippen LogP contribution in [0, 0.1) is 0 Å². The highest BCUT2D eigenvalue weighted by Crippen LogP contribution is 2.24. The van der Waals surface area contributed by atoms with Gasteiger partial charge in [-0.2, -0.15) is 0 Å². The molecule has 1 aromatic heterocycles. The summed E-state index contributed by atoms with van der Waals surface area (Å²) in [5.74, 6) is 1.30. The highest BCUT2D eigenvalue weighted by Gasteiger charge is 2.11. The van der Waals surface area contributed by atoms with E-state index in [1.54, 1.807) is 13.1 Å². The third-order valence-electron chi connectivity index (χ3n) is 2.53. The lowest BCUT2D eigenvalue weighted by Crippen LogP contribution is -2.23. The number of esters is 1. The smallest absolute Gasteiger partial charge is 0.307 e. The van der Waals surface area contributed by atoms with Crippen LogP contribution in [0.1, 0.15) is 26.7 Å². The van der Waals surface area contributed by atoms with Crippen molar-refractivity contribution in [1.29, 1.82) is 0 Å². The van der Waals surface area contributed by atoms with Gasteiger partial charge in [-0.3, -0.25) is 4.79 Å². The van der Waals surface area contributed by atoms with Crippen molar-refractivity contribution < 1.29 is 14.3 Å². The molecule has 0 saturated carbocycles. The molecule has 0 fully saturated rings. The van der Waals surface area contributed by atoms with E-state index in [2.05, 4.69) is 11.9 Å². The molecule has 0 aliphatic rings. The first kappa shape index (κ1) is 15.3. The van der Waals surface area contributed by atoms with E-state index in [4.69, 9.17) is 9.47 Å². The molecule has 1 rings (SSSR count). The quantitative estimate of drug-likeness (QED) is 0.675. The van der Waals surface area contributed by atoms with Gasteiger partial charge < -0.3 is 14.4 Å². The van der Waals surface area contributed by atoms with Crippen LogP contribution in [0.5, 0.6) is 5.75 Å². The molecular weight excluding hydrogens is 244 g/mol. The van der Waals surface area contributed by atoms with Crippen molar-refractivity contribution in [3.05, 3.63) is 18.3 Å². The Morgan fingerprint density at radius 3 is 2.89 bits per heavy atom. The fourth-order valence-electron chi connectivity index (χ4n) is 1.59. The molecule has 0 saturated heterocycles. The van der Waals surface area contributed by atoms with E-state index in [-0.39, 0.29) is 5.97 Å². The molecule has 1 heterocycles. The second-order valence-corrected chi connectivity index (χ2v) is 4.15. The van der Waals surface area contributed by atoms with Crippen LogP contribution in [-0.2, 0) is 9.53 Å². The van der Waals surface area contributed by atoms with Crippen LogP contribution in [0.2, 0.25) is 0 Å². The van der Waals surface area contributed by atoms with Gasteiger partial charge in [0.25, 0.3) is 0 Å². The lowest BCUT2D eigenvalue weighted by Gasteiger charge is -2.20. The van der Waals surface area contributed by atoms with E-state index in [0.717, 1.165) is 18.0 Å². The molecule has 5 nitrogen and oxygen atoms in total. The first-order valence-electron chi connectivity index (χ1n) is 6.63. The molecule has 0 aromatic carbocycles. The van der Waals surface area contributed by atoms with E-state index in [9.17, 15) is 4.79 Å². The van der Waals surface area contributed by atoms with Gasteiger partial charge in [0.05, 0.1) is 19.6 Å².